The Morgan fingerprint density at radius 3 is 2.52 bits per heavy atom. The van der Waals surface area contributed by atoms with Gasteiger partial charge in [-0.05, 0) is 28.5 Å². The van der Waals surface area contributed by atoms with E-state index in [0.717, 1.165) is 16.9 Å². The van der Waals surface area contributed by atoms with Gasteiger partial charge in [0.15, 0.2) is 6.61 Å². The molecule has 0 spiro atoms. The van der Waals surface area contributed by atoms with Crippen molar-refractivity contribution < 1.29 is 9.15 Å². The van der Waals surface area contributed by atoms with Crippen molar-refractivity contribution in [1.82, 2.24) is 10.2 Å². The van der Waals surface area contributed by atoms with E-state index in [1.54, 1.807) is 0 Å². The smallest absolute Gasteiger partial charge is 0.277 e. The molecule has 0 saturated heterocycles. The molecule has 0 saturated carbocycles. The highest BCUT2D eigenvalue weighted by Gasteiger charge is 2.08. The predicted molar refractivity (Wildman–Crippen MR) is 98.6 cm³/mol. The fourth-order valence-corrected chi connectivity index (χ4v) is 3.21. The Hall–Kier alpha value is -2.79. The molecular weight excluding hydrogens is 332 g/mol. The minimum absolute atomic E-state index is 0.261. The average molecular weight is 348 g/mol. The van der Waals surface area contributed by atoms with E-state index >= 15 is 0 Å². The molecule has 0 amide bonds. The van der Waals surface area contributed by atoms with Crippen molar-refractivity contribution in [2.24, 2.45) is 0 Å². The van der Waals surface area contributed by atoms with Gasteiger partial charge in [0.25, 0.3) is 11.1 Å². The maximum Gasteiger partial charge on any atom is 0.277 e. The number of hydrogen-bond acceptors (Lipinski definition) is 5. The predicted octanol–water partition coefficient (Wildman–Crippen LogP) is 5.09. The lowest BCUT2D eigenvalue weighted by molar-refractivity contribution is 0.252. The molecule has 124 valence electrons. The fraction of sp³-hybridized carbons (Fsp3) is 0.100. The highest BCUT2D eigenvalue weighted by molar-refractivity contribution is 7.98. The molecule has 4 aromatic rings. The number of rotatable bonds is 6. The van der Waals surface area contributed by atoms with Gasteiger partial charge >= 0.3 is 0 Å². The number of ether oxygens (including phenoxy) is 1. The van der Waals surface area contributed by atoms with Gasteiger partial charge in [0, 0.05) is 5.75 Å². The number of nitrogens with zero attached hydrogens (tertiary/aromatic N) is 2. The summed E-state index contributed by atoms with van der Waals surface area (Å²) in [6, 6.07) is 24.4. The van der Waals surface area contributed by atoms with Crippen LogP contribution in [0.2, 0.25) is 0 Å². The number of aromatic nitrogens is 2. The first-order chi connectivity index (χ1) is 12.4. The quantitative estimate of drug-likeness (QED) is 0.454. The molecule has 25 heavy (non-hydrogen) atoms. The molecule has 0 aliphatic rings. The molecule has 0 N–H and O–H groups in total. The highest BCUT2D eigenvalue weighted by atomic mass is 32.2. The van der Waals surface area contributed by atoms with Crippen LogP contribution in [0.15, 0.2) is 82.4 Å². The topological polar surface area (TPSA) is 48.2 Å². The lowest BCUT2D eigenvalue weighted by atomic mass is 10.1. The average Bonchev–Trinajstić information content (AvgIpc) is 3.13. The summed E-state index contributed by atoms with van der Waals surface area (Å²) in [5, 5.41) is 11.0. The van der Waals surface area contributed by atoms with Crippen LogP contribution in [0.25, 0.3) is 10.8 Å². The van der Waals surface area contributed by atoms with Crippen LogP contribution in [-0.2, 0) is 12.4 Å². The maximum atomic E-state index is 5.77. The Morgan fingerprint density at radius 1 is 0.840 bits per heavy atom. The molecule has 4 rings (SSSR count). The van der Waals surface area contributed by atoms with Gasteiger partial charge in [-0.2, -0.15) is 0 Å². The fourth-order valence-electron chi connectivity index (χ4n) is 2.48. The van der Waals surface area contributed by atoms with E-state index in [1.165, 1.54) is 22.7 Å². The first-order valence-corrected chi connectivity index (χ1v) is 8.96. The van der Waals surface area contributed by atoms with Crippen LogP contribution in [0, 0.1) is 0 Å². The summed E-state index contributed by atoms with van der Waals surface area (Å²) in [5.74, 6) is 2.06. The summed E-state index contributed by atoms with van der Waals surface area (Å²) in [6.07, 6.45) is 0. The van der Waals surface area contributed by atoms with Gasteiger partial charge in [0.1, 0.15) is 5.75 Å². The minimum atomic E-state index is 0.261. The number of thioether (sulfide) groups is 1. The second-order valence-electron chi connectivity index (χ2n) is 5.53. The Labute approximate surface area is 149 Å². The second-order valence-corrected chi connectivity index (χ2v) is 6.46. The largest absolute Gasteiger partial charge is 0.484 e. The Balaban J connectivity index is 1.35. The van der Waals surface area contributed by atoms with Gasteiger partial charge < -0.3 is 9.15 Å². The zero-order valence-electron chi connectivity index (χ0n) is 13.5. The number of hydrogen-bond donors (Lipinski definition) is 0. The van der Waals surface area contributed by atoms with Crippen LogP contribution >= 0.6 is 11.8 Å². The number of benzene rings is 3. The molecule has 0 aliphatic heterocycles. The Morgan fingerprint density at radius 2 is 1.64 bits per heavy atom. The van der Waals surface area contributed by atoms with Crippen LogP contribution in [-0.4, -0.2) is 10.2 Å². The Kier molecular flexibility index (Phi) is 4.65. The van der Waals surface area contributed by atoms with E-state index in [2.05, 4.69) is 34.5 Å². The molecular formula is C20H16N2O2S. The molecule has 0 atom stereocenters. The van der Waals surface area contributed by atoms with Crippen LogP contribution in [0.5, 0.6) is 5.75 Å². The van der Waals surface area contributed by atoms with Crippen molar-refractivity contribution >= 4 is 22.5 Å². The normalized spacial score (nSPS) is 10.9. The molecule has 0 radical (unpaired) electrons. The van der Waals surface area contributed by atoms with Gasteiger partial charge in [-0.3, -0.25) is 0 Å². The van der Waals surface area contributed by atoms with Crippen molar-refractivity contribution in [2.75, 3.05) is 0 Å². The summed E-state index contributed by atoms with van der Waals surface area (Å²) in [6.45, 7) is 0.261. The zero-order valence-corrected chi connectivity index (χ0v) is 14.3. The van der Waals surface area contributed by atoms with E-state index in [9.17, 15) is 0 Å². The summed E-state index contributed by atoms with van der Waals surface area (Å²) in [7, 11) is 0. The molecule has 1 heterocycles. The molecule has 3 aromatic carbocycles. The first-order valence-electron chi connectivity index (χ1n) is 7.97. The molecule has 5 heteroatoms. The molecule has 0 fully saturated rings. The van der Waals surface area contributed by atoms with E-state index in [4.69, 9.17) is 9.15 Å². The van der Waals surface area contributed by atoms with E-state index in [0.29, 0.717) is 11.1 Å². The van der Waals surface area contributed by atoms with Gasteiger partial charge in [-0.1, -0.05) is 72.4 Å². The van der Waals surface area contributed by atoms with Crippen molar-refractivity contribution in [1.29, 1.82) is 0 Å². The Bertz CT molecular complexity index is 970. The highest BCUT2D eigenvalue weighted by Crippen LogP contribution is 2.23. The minimum Gasteiger partial charge on any atom is -0.484 e. The third-order valence-electron chi connectivity index (χ3n) is 3.74. The maximum absolute atomic E-state index is 5.77. The van der Waals surface area contributed by atoms with Gasteiger partial charge in [-0.15, -0.1) is 10.2 Å². The summed E-state index contributed by atoms with van der Waals surface area (Å²) >= 11 is 1.52. The standard InChI is InChI=1S/C20H16N2O2S/c1-2-6-15(7-3-1)14-25-20-22-21-19(24-20)13-23-18-11-10-16-8-4-5-9-17(16)12-18/h1-12H,13-14H2. The SMILES string of the molecule is c1ccc(CSc2nnc(COc3ccc4ccccc4c3)o2)cc1. The molecule has 1 aromatic heterocycles. The molecule has 4 nitrogen and oxygen atoms in total. The van der Waals surface area contributed by atoms with Crippen molar-refractivity contribution in [3.05, 3.63) is 84.3 Å². The summed E-state index contributed by atoms with van der Waals surface area (Å²) in [5.41, 5.74) is 1.22. The lowest BCUT2D eigenvalue weighted by Gasteiger charge is -2.04. The van der Waals surface area contributed by atoms with Gasteiger partial charge in [-0.25, -0.2) is 0 Å². The van der Waals surface area contributed by atoms with Crippen LogP contribution in [0.4, 0.5) is 0 Å². The monoisotopic (exact) mass is 348 g/mol. The van der Waals surface area contributed by atoms with Crippen molar-refractivity contribution in [3.63, 3.8) is 0 Å². The van der Waals surface area contributed by atoms with E-state index in [-0.39, 0.29) is 6.61 Å². The summed E-state index contributed by atoms with van der Waals surface area (Å²) < 4.78 is 11.4. The first kappa shape index (κ1) is 15.7. The second kappa shape index (κ2) is 7.40. The van der Waals surface area contributed by atoms with Crippen LogP contribution in [0.3, 0.4) is 0 Å². The van der Waals surface area contributed by atoms with Gasteiger partial charge in [0.05, 0.1) is 0 Å². The van der Waals surface area contributed by atoms with Crippen molar-refractivity contribution in [3.8, 4) is 5.75 Å². The van der Waals surface area contributed by atoms with E-state index < -0.39 is 0 Å². The van der Waals surface area contributed by atoms with Crippen LogP contribution in [0.1, 0.15) is 11.5 Å². The number of fused-ring (bicyclic) bond motifs is 1. The third-order valence-corrected chi connectivity index (χ3v) is 4.63. The molecule has 0 bridgehead atoms. The van der Waals surface area contributed by atoms with E-state index in [1.807, 2.05) is 48.5 Å². The summed E-state index contributed by atoms with van der Waals surface area (Å²) in [4.78, 5) is 0. The van der Waals surface area contributed by atoms with Gasteiger partial charge in [0.2, 0.25) is 0 Å². The molecule has 0 unspecified atom stereocenters. The third kappa shape index (κ3) is 4.00. The van der Waals surface area contributed by atoms with Crippen LogP contribution < -0.4 is 4.74 Å². The lowest BCUT2D eigenvalue weighted by Crippen LogP contribution is -1.95. The zero-order chi connectivity index (χ0) is 16.9. The molecule has 0 aliphatic carbocycles. The van der Waals surface area contributed by atoms with Crippen molar-refractivity contribution in [2.45, 2.75) is 17.6 Å².